The first-order valence-corrected chi connectivity index (χ1v) is 6.58. The van der Waals surface area contributed by atoms with Crippen LogP contribution in [0.5, 0.6) is 11.5 Å². The molecule has 0 spiro atoms. The molecular weight excluding hydrogens is 286 g/mol. The molecule has 106 valence electrons. The lowest BCUT2D eigenvalue weighted by molar-refractivity contribution is 0.457. The standard InChI is InChI=1S/C14H13ClF2N2O/c1-8(2)14-18-7-13(12(6-15)19-14)20-11-4-9(16)3-10(17)5-11/h3-5,7-8H,6H2,1-2H3. The van der Waals surface area contributed by atoms with Crippen LogP contribution >= 0.6 is 11.6 Å². The van der Waals surface area contributed by atoms with Gasteiger partial charge in [0.1, 0.15) is 28.9 Å². The summed E-state index contributed by atoms with van der Waals surface area (Å²) >= 11 is 5.82. The van der Waals surface area contributed by atoms with Crippen molar-refractivity contribution >= 4 is 11.6 Å². The van der Waals surface area contributed by atoms with Crippen LogP contribution in [0.2, 0.25) is 0 Å². The molecule has 1 aromatic heterocycles. The van der Waals surface area contributed by atoms with Gasteiger partial charge in [-0.15, -0.1) is 11.6 Å². The molecule has 2 aromatic rings. The number of alkyl halides is 1. The van der Waals surface area contributed by atoms with Gasteiger partial charge in [0.05, 0.1) is 12.1 Å². The van der Waals surface area contributed by atoms with Crippen LogP contribution < -0.4 is 4.74 Å². The zero-order valence-electron chi connectivity index (χ0n) is 11.0. The van der Waals surface area contributed by atoms with Crippen molar-refractivity contribution in [1.82, 2.24) is 9.97 Å². The maximum atomic E-state index is 13.1. The number of benzene rings is 1. The molecule has 6 heteroatoms. The van der Waals surface area contributed by atoms with Gasteiger partial charge >= 0.3 is 0 Å². The van der Waals surface area contributed by atoms with E-state index in [9.17, 15) is 8.78 Å². The Morgan fingerprint density at radius 2 is 1.85 bits per heavy atom. The molecule has 0 unspecified atom stereocenters. The Bertz CT molecular complexity index is 600. The molecule has 0 aliphatic rings. The van der Waals surface area contributed by atoms with E-state index in [4.69, 9.17) is 16.3 Å². The Hall–Kier alpha value is -1.75. The monoisotopic (exact) mass is 298 g/mol. The summed E-state index contributed by atoms with van der Waals surface area (Å²) < 4.78 is 31.6. The summed E-state index contributed by atoms with van der Waals surface area (Å²) in [5.74, 6) is -0.199. The fourth-order valence-corrected chi connectivity index (χ4v) is 1.79. The Morgan fingerprint density at radius 1 is 1.20 bits per heavy atom. The average molecular weight is 299 g/mol. The van der Waals surface area contributed by atoms with Crippen molar-refractivity contribution in [3.05, 3.63) is 47.5 Å². The highest BCUT2D eigenvalue weighted by molar-refractivity contribution is 6.17. The van der Waals surface area contributed by atoms with Crippen molar-refractivity contribution in [3.8, 4) is 11.5 Å². The Kier molecular flexibility index (Phi) is 4.49. The summed E-state index contributed by atoms with van der Waals surface area (Å²) in [5.41, 5.74) is 0.482. The highest BCUT2D eigenvalue weighted by Gasteiger charge is 2.12. The molecule has 1 aromatic carbocycles. The molecule has 0 aliphatic carbocycles. The lowest BCUT2D eigenvalue weighted by Gasteiger charge is -2.11. The second-order valence-electron chi connectivity index (χ2n) is 4.53. The molecular formula is C14H13ClF2N2O. The lowest BCUT2D eigenvalue weighted by Crippen LogP contribution is -2.02. The molecule has 0 saturated carbocycles. The highest BCUT2D eigenvalue weighted by atomic mass is 35.5. The predicted molar refractivity (Wildman–Crippen MR) is 72.1 cm³/mol. The van der Waals surface area contributed by atoms with Crippen LogP contribution in [-0.2, 0) is 5.88 Å². The van der Waals surface area contributed by atoms with Crippen molar-refractivity contribution in [2.45, 2.75) is 25.6 Å². The van der Waals surface area contributed by atoms with Gasteiger partial charge in [-0.25, -0.2) is 18.7 Å². The maximum Gasteiger partial charge on any atom is 0.168 e. The number of rotatable bonds is 4. The second-order valence-corrected chi connectivity index (χ2v) is 4.80. The topological polar surface area (TPSA) is 35.0 Å². The fraction of sp³-hybridized carbons (Fsp3) is 0.286. The third-order valence-electron chi connectivity index (χ3n) is 2.55. The van der Waals surface area contributed by atoms with E-state index >= 15 is 0 Å². The van der Waals surface area contributed by atoms with Crippen LogP contribution in [0, 0.1) is 11.6 Å². The maximum absolute atomic E-state index is 13.1. The first-order valence-electron chi connectivity index (χ1n) is 6.05. The van der Waals surface area contributed by atoms with Gasteiger partial charge in [-0.2, -0.15) is 0 Å². The zero-order chi connectivity index (χ0) is 14.7. The molecule has 20 heavy (non-hydrogen) atoms. The van der Waals surface area contributed by atoms with Crippen molar-refractivity contribution < 1.29 is 13.5 Å². The first-order chi connectivity index (χ1) is 9.49. The molecule has 0 N–H and O–H groups in total. The van der Waals surface area contributed by atoms with Crippen LogP contribution in [0.25, 0.3) is 0 Å². The summed E-state index contributed by atoms with van der Waals surface area (Å²) in [4.78, 5) is 8.42. The van der Waals surface area contributed by atoms with Crippen LogP contribution in [0.15, 0.2) is 24.4 Å². The molecule has 1 heterocycles. The van der Waals surface area contributed by atoms with Gasteiger partial charge < -0.3 is 4.74 Å². The van der Waals surface area contributed by atoms with Crippen molar-refractivity contribution in [1.29, 1.82) is 0 Å². The molecule has 0 radical (unpaired) electrons. The van der Waals surface area contributed by atoms with E-state index in [0.29, 0.717) is 11.5 Å². The van der Waals surface area contributed by atoms with Crippen LogP contribution in [0.3, 0.4) is 0 Å². The summed E-state index contributed by atoms with van der Waals surface area (Å²) in [6, 6.07) is 2.93. The molecule has 0 atom stereocenters. The van der Waals surface area contributed by atoms with Gasteiger partial charge in [-0.1, -0.05) is 13.8 Å². The number of hydrogen-bond acceptors (Lipinski definition) is 3. The molecule has 0 saturated heterocycles. The van der Waals surface area contributed by atoms with Crippen LogP contribution in [0.4, 0.5) is 8.78 Å². The molecule has 2 rings (SSSR count). The Labute approximate surface area is 120 Å². The Balaban J connectivity index is 2.33. The van der Waals surface area contributed by atoms with Crippen LogP contribution in [0.1, 0.15) is 31.3 Å². The van der Waals surface area contributed by atoms with Gasteiger partial charge in [0.25, 0.3) is 0 Å². The Morgan fingerprint density at radius 3 is 2.40 bits per heavy atom. The van der Waals surface area contributed by atoms with E-state index in [0.717, 1.165) is 18.2 Å². The average Bonchev–Trinajstić information content (AvgIpc) is 2.37. The largest absolute Gasteiger partial charge is 0.454 e. The third kappa shape index (κ3) is 3.42. The fourth-order valence-electron chi connectivity index (χ4n) is 1.60. The first kappa shape index (κ1) is 14.7. The van der Waals surface area contributed by atoms with Gasteiger partial charge in [0.2, 0.25) is 0 Å². The third-order valence-corrected chi connectivity index (χ3v) is 2.81. The molecule has 0 aliphatic heterocycles. The normalized spacial score (nSPS) is 10.9. The summed E-state index contributed by atoms with van der Waals surface area (Å²) in [6.45, 7) is 3.91. The van der Waals surface area contributed by atoms with Crippen molar-refractivity contribution in [2.75, 3.05) is 0 Å². The van der Waals surface area contributed by atoms with E-state index < -0.39 is 11.6 Å². The molecule has 0 bridgehead atoms. The van der Waals surface area contributed by atoms with Crippen molar-refractivity contribution in [2.24, 2.45) is 0 Å². The lowest BCUT2D eigenvalue weighted by atomic mass is 10.2. The number of hydrogen-bond donors (Lipinski definition) is 0. The minimum atomic E-state index is -0.716. The summed E-state index contributed by atoms with van der Waals surface area (Å²) in [5, 5.41) is 0. The molecule has 0 amide bonds. The second kappa shape index (κ2) is 6.13. The number of ether oxygens (including phenoxy) is 1. The summed E-state index contributed by atoms with van der Waals surface area (Å²) in [6.07, 6.45) is 1.46. The smallest absolute Gasteiger partial charge is 0.168 e. The van der Waals surface area contributed by atoms with E-state index in [1.54, 1.807) is 0 Å². The van der Waals surface area contributed by atoms with E-state index in [2.05, 4.69) is 9.97 Å². The van der Waals surface area contributed by atoms with Gasteiger partial charge in [0.15, 0.2) is 5.75 Å². The highest BCUT2D eigenvalue weighted by Crippen LogP contribution is 2.27. The number of halogens is 3. The van der Waals surface area contributed by atoms with Crippen LogP contribution in [-0.4, -0.2) is 9.97 Å². The number of aromatic nitrogens is 2. The van der Waals surface area contributed by atoms with Gasteiger partial charge in [-0.3, -0.25) is 0 Å². The minimum absolute atomic E-state index is 0.0368. The predicted octanol–water partition coefficient (Wildman–Crippen LogP) is 4.41. The van der Waals surface area contributed by atoms with E-state index in [1.807, 2.05) is 13.8 Å². The quantitative estimate of drug-likeness (QED) is 0.784. The minimum Gasteiger partial charge on any atom is -0.454 e. The van der Waals surface area contributed by atoms with Crippen molar-refractivity contribution in [3.63, 3.8) is 0 Å². The number of nitrogens with zero attached hydrogens (tertiary/aromatic N) is 2. The van der Waals surface area contributed by atoms with Gasteiger partial charge in [-0.05, 0) is 0 Å². The zero-order valence-corrected chi connectivity index (χ0v) is 11.8. The molecule has 3 nitrogen and oxygen atoms in total. The van der Waals surface area contributed by atoms with E-state index in [-0.39, 0.29) is 23.3 Å². The van der Waals surface area contributed by atoms with E-state index in [1.165, 1.54) is 6.20 Å². The van der Waals surface area contributed by atoms with Gasteiger partial charge in [0, 0.05) is 24.1 Å². The molecule has 0 fully saturated rings. The summed E-state index contributed by atoms with van der Waals surface area (Å²) in [7, 11) is 0. The SMILES string of the molecule is CC(C)c1ncc(Oc2cc(F)cc(F)c2)c(CCl)n1.